The Morgan fingerprint density at radius 3 is 2.22 bits per heavy atom. The van der Waals surface area contributed by atoms with Crippen molar-refractivity contribution in [2.45, 2.75) is 26.9 Å². The lowest BCUT2D eigenvalue weighted by molar-refractivity contribution is -0.139. The summed E-state index contributed by atoms with van der Waals surface area (Å²) in [6.07, 6.45) is -0.341. The first-order chi connectivity index (χ1) is 8.40. The highest BCUT2D eigenvalue weighted by Gasteiger charge is 2.33. The van der Waals surface area contributed by atoms with Gasteiger partial charge in [0.25, 0.3) is 0 Å². The van der Waals surface area contributed by atoms with Crippen LogP contribution >= 0.6 is 0 Å². The predicted molar refractivity (Wildman–Crippen MR) is 65.9 cm³/mol. The quantitative estimate of drug-likeness (QED) is 0.457. The van der Waals surface area contributed by atoms with E-state index in [9.17, 15) is 14.5 Å². The van der Waals surface area contributed by atoms with Crippen LogP contribution in [0.2, 0.25) is 0 Å². The van der Waals surface area contributed by atoms with E-state index in [4.69, 9.17) is 0 Å². The number of nitrogens with zero attached hydrogens (tertiary/aromatic N) is 1. The Hall–Kier alpha value is -2.04. The SMILES string of the molecule is CC(C)(C)C(=O)C(ON=O)c1ccc(C=O)cc1. The smallest absolute Gasteiger partial charge is 0.214 e. The lowest BCUT2D eigenvalue weighted by Crippen LogP contribution is -2.27. The summed E-state index contributed by atoms with van der Waals surface area (Å²) in [7, 11) is 0. The number of carbonyl (C=O) groups is 2. The number of benzene rings is 1. The fourth-order valence-corrected chi connectivity index (χ4v) is 1.45. The molecule has 0 aliphatic heterocycles. The molecule has 5 heteroatoms. The van der Waals surface area contributed by atoms with Crippen molar-refractivity contribution in [3.8, 4) is 0 Å². The number of rotatable bonds is 5. The van der Waals surface area contributed by atoms with Crippen LogP contribution in [0.1, 0.15) is 42.8 Å². The molecular formula is C13H15NO4. The summed E-state index contributed by atoms with van der Waals surface area (Å²) in [5, 5.41) is 2.35. The van der Waals surface area contributed by atoms with E-state index in [1.165, 1.54) is 0 Å². The average Bonchev–Trinajstić information content (AvgIpc) is 2.34. The zero-order valence-electron chi connectivity index (χ0n) is 10.5. The van der Waals surface area contributed by atoms with E-state index in [-0.39, 0.29) is 5.78 Å². The zero-order valence-corrected chi connectivity index (χ0v) is 10.5. The average molecular weight is 249 g/mol. The molecule has 0 amide bonds. The van der Waals surface area contributed by atoms with Gasteiger partial charge >= 0.3 is 0 Å². The molecule has 1 aromatic carbocycles. The van der Waals surface area contributed by atoms with Crippen molar-refractivity contribution in [1.82, 2.24) is 0 Å². The third kappa shape index (κ3) is 3.23. The molecule has 18 heavy (non-hydrogen) atoms. The summed E-state index contributed by atoms with van der Waals surface area (Å²) in [5.41, 5.74) is 0.332. The molecule has 1 unspecified atom stereocenters. The molecule has 5 nitrogen and oxygen atoms in total. The molecule has 1 atom stereocenters. The van der Waals surface area contributed by atoms with Gasteiger partial charge in [0.1, 0.15) is 6.29 Å². The summed E-state index contributed by atoms with van der Waals surface area (Å²) >= 11 is 0. The van der Waals surface area contributed by atoms with Gasteiger partial charge in [-0.15, -0.1) is 4.91 Å². The predicted octanol–water partition coefficient (Wildman–Crippen LogP) is 2.85. The van der Waals surface area contributed by atoms with Crippen LogP contribution in [-0.4, -0.2) is 12.1 Å². The first kappa shape index (κ1) is 14.0. The summed E-state index contributed by atoms with van der Waals surface area (Å²) in [6, 6.07) is 6.26. The van der Waals surface area contributed by atoms with Gasteiger partial charge in [-0.2, -0.15) is 0 Å². The van der Waals surface area contributed by atoms with Gasteiger partial charge in [-0.25, -0.2) is 0 Å². The molecular weight excluding hydrogens is 234 g/mol. The van der Waals surface area contributed by atoms with Crippen molar-refractivity contribution in [1.29, 1.82) is 0 Å². The molecule has 1 aromatic rings. The molecule has 1 rings (SSSR count). The number of hydrogen-bond acceptors (Lipinski definition) is 5. The summed E-state index contributed by atoms with van der Waals surface area (Å²) in [4.78, 5) is 37.5. The van der Waals surface area contributed by atoms with Crippen molar-refractivity contribution >= 4 is 12.1 Å². The van der Waals surface area contributed by atoms with Crippen LogP contribution in [-0.2, 0) is 9.63 Å². The molecule has 0 N–H and O–H groups in total. The van der Waals surface area contributed by atoms with Gasteiger partial charge in [0.05, 0.1) is 0 Å². The first-order valence-electron chi connectivity index (χ1n) is 5.48. The van der Waals surface area contributed by atoms with Crippen LogP contribution < -0.4 is 0 Å². The summed E-state index contributed by atoms with van der Waals surface area (Å²) in [5.74, 6) is -0.249. The maximum atomic E-state index is 12.1. The van der Waals surface area contributed by atoms with E-state index in [2.05, 4.69) is 10.2 Å². The maximum absolute atomic E-state index is 12.1. The Kier molecular flexibility index (Phi) is 4.31. The number of aldehydes is 1. The Labute approximate surface area is 105 Å². The van der Waals surface area contributed by atoms with Crippen LogP contribution in [0, 0.1) is 10.3 Å². The van der Waals surface area contributed by atoms with Crippen LogP contribution in [0.15, 0.2) is 29.6 Å². The second kappa shape index (κ2) is 5.53. The van der Waals surface area contributed by atoms with Gasteiger partial charge in [0.2, 0.25) is 6.10 Å². The minimum atomic E-state index is -1.04. The standard InChI is InChI=1S/C13H15NO4/c1-13(2,3)12(16)11(18-14-17)10-6-4-9(8-15)5-7-10/h4-8,11H,1-3H3. The Bertz CT molecular complexity index is 445. The maximum Gasteiger partial charge on any atom is 0.214 e. The van der Waals surface area contributed by atoms with E-state index < -0.39 is 11.5 Å². The highest BCUT2D eigenvalue weighted by Crippen LogP contribution is 2.28. The van der Waals surface area contributed by atoms with Crippen molar-refractivity contribution < 1.29 is 14.4 Å². The monoisotopic (exact) mass is 249 g/mol. The normalized spacial score (nSPS) is 12.6. The summed E-state index contributed by atoms with van der Waals surface area (Å²) in [6.45, 7) is 5.20. The lowest BCUT2D eigenvalue weighted by Gasteiger charge is -2.22. The molecule has 0 fully saturated rings. The molecule has 0 saturated heterocycles. The molecule has 0 aliphatic carbocycles. The highest BCUT2D eigenvalue weighted by molar-refractivity contribution is 5.89. The van der Waals surface area contributed by atoms with Crippen molar-refractivity contribution in [2.24, 2.45) is 10.8 Å². The van der Waals surface area contributed by atoms with E-state index in [1.807, 2.05) is 0 Å². The molecule has 0 spiro atoms. The third-order valence-corrected chi connectivity index (χ3v) is 2.50. The van der Waals surface area contributed by atoms with Crippen LogP contribution in [0.25, 0.3) is 0 Å². The van der Waals surface area contributed by atoms with Crippen LogP contribution in [0.4, 0.5) is 0 Å². The van der Waals surface area contributed by atoms with Crippen molar-refractivity contribution in [3.05, 3.63) is 40.3 Å². The minimum absolute atomic E-state index is 0.249. The number of ketones is 1. The second-order valence-corrected chi connectivity index (χ2v) is 4.96. The largest absolute Gasteiger partial charge is 0.348 e. The number of hydrogen-bond donors (Lipinski definition) is 0. The van der Waals surface area contributed by atoms with E-state index in [0.717, 1.165) is 0 Å². The van der Waals surface area contributed by atoms with Gasteiger partial charge < -0.3 is 4.84 Å². The van der Waals surface area contributed by atoms with Gasteiger partial charge in [-0.05, 0) is 0 Å². The van der Waals surface area contributed by atoms with Crippen LogP contribution in [0.5, 0.6) is 0 Å². The third-order valence-electron chi connectivity index (χ3n) is 2.50. The fourth-order valence-electron chi connectivity index (χ4n) is 1.45. The van der Waals surface area contributed by atoms with E-state index >= 15 is 0 Å². The zero-order chi connectivity index (χ0) is 13.8. The molecule has 0 radical (unpaired) electrons. The number of Topliss-reactive ketones (excluding diaryl/α,β-unsaturated/α-hetero) is 1. The van der Waals surface area contributed by atoms with Gasteiger partial charge in [0, 0.05) is 16.5 Å². The van der Waals surface area contributed by atoms with Crippen molar-refractivity contribution in [2.75, 3.05) is 0 Å². The molecule has 0 aromatic heterocycles. The van der Waals surface area contributed by atoms with E-state index in [1.54, 1.807) is 45.0 Å². The fraction of sp³-hybridized carbons (Fsp3) is 0.385. The van der Waals surface area contributed by atoms with Crippen LogP contribution in [0.3, 0.4) is 0 Å². The highest BCUT2D eigenvalue weighted by atomic mass is 16.7. The van der Waals surface area contributed by atoms with E-state index in [0.29, 0.717) is 17.4 Å². The van der Waals surface area contributed by atoms with Gasteiger partial charge in [0.15, 0.2) is 11.1 Å². The Morgan fingerprint density at radius 1 is 1.28 bits per heavy atom. The van der Waals surface area contributed by atoms with Crippen molar-refractivity contribution in [3.63, 3.8) is 0 Å². The Balaban J connectivity index is 3.07. The Morgan fingerprint density at radius 2 is 1.83 bits per heavy atom. The number of carbonyl (C=O) groups excluding carboxylic acids is 2. The minimum Gasteiger partial charge on any atom is -0.348 e. The first-order valence-corrected chi connectivity index (χ1v) is 5.48. The summed E-state index contributed by atoms with van der Waals surface area (Å²) < 4.78 is 0. The van der Waals surface area contributed by atoms with Gasteiger partial charge in [-0.3, -0.25) is 9.59 Å². The lowest BCUT2D eigenvalue weighted by atomic mass is 9.85. The molecule has 0 aliphatic rings. The van der Waals surface area contributed by atoms with Gasteiger partial charge in [-0.1, -0.05) is 45.0 Å². The molecule has 0 bridgehead atoms. The topological polar surface area (TPSA) is 72.8 Å². The molecule has 96 valence electrons. The molecule has 0 heterocycles. The second-order valence-electron chi connectivity index (χ2n) is 4.96. The molecule has 0 saturated carbocycles.